The van der Waals surface area contributed by atoms with Gasteiger partial charge in [0.25, 0.3) is 0 Å². The second-order valence-corrected chi connectivity index (χ2v) is 22.1. The second kappa shape index (κ2) is 20.3. The molecule has 0 aromatic heterocycles. The molecule has 0 aliphatic rings. The highest BCUT2D eigenvalue weighted by molar-refractivity contribution is 7.70. The molecule has 0 aliphatic carbocycles. The van der Waals surface area contributed by atoms with Crippen molar-refractivity contribution in [2.75, 3.05) is 23.6 Å². The average Bonchev–Trinajstić information content (AvgIpc) is 2.41. The Morgan fingerprint density at radius 1 is 0.366 bits per heavy atom. The quantitative estimate of drug-likeness (QED) is 0.0811. The molecule has 256 valence electrons. The van der Waals surface area contributed by atoms with Crippen LogP contribution in [0.3, 0.4) is 0 Å². The van der Waals surface area contributed by atoms with Gasteiger partial charge in [-0.15, -0.1) is 0 Å². The van der Waals surface area contributed by atoms with E-state index in [2.05, 4.69) is 0 Å². The molecule has 0 amide bonds. The molecule has 41 heavy (non-hydrogen) atoms. The topological polar surface area (TPSA) is 512 Å². The maximum Gasteiger partial charge on any atom is 0.337 e. The normalized spacial score (nSPS) is 13.3. The lowest BCUT2D eigenvalue weighted by Gasteiger charge is -2.03. The van der Waals surface area contributed by atoms with Gasteiger partial charge in [-0.2, -0.15) is 0 Å². The van der Waals surface area contributed by atoms with Crippen LogP contribution in [-0.4, -0.2) is 108 Å². The molecule has 0 aliphatic heterocycles. The Bertz CT molecular complexity index is 855. The Morgan fingerprint density at radius 3 is 0.439 bits per heavy atom. The van der Waals surface area contributed by atoms with Gasteiger partial charge in [0.2, 0.25) is 0 Å². The summed E-state index contributed by atoms with van der Waals surface area (Å²) >= 11 is 0. The van der Waals surface area contributed by atoms with E-state index in [4.69, 9.17) is 89.8 Å². The number of rotatable bonds is 9. The van der Waals surface area contributed by atoms with Crippen LogP contribution in [0.1, 0.15) is 13.3 Å². The van der Waals surface area contributed by atoms with Gasteiger partial charge < -0.3 is 89.8 Å². The Morgan fingerprint density at radius 2 is 0.439 bits per heavy atom. The summed E-state index contributed by atoms with van der Waals surface area (Å²) in [5.74, 6) is -5.50. The minimum atomic E-state index is -4.55. The third-order valence-electron chi connectivity index (χ3n) is 1.95. The van der Waals surface area contributed by atoms with Crippen molar-refractivity contribution in [2.24, 2.45) is 11.5 Å². The molecule has 0 rings (SSSR count). The van der Waals surface area contributed by atoms with Crippen LogP contribution in [0.4, 0.5) is 0 Å². The highest BCUT2D eigenvalue weighted by Gasteiger charge is 2.28. The van der Waals surface area contributed by atoms with E-state index in [9.17, 15) is 36.5 Å². The molecule has 0 aromatic carbocycles. The van der Waals surface area contributed by atoms with Crippen molar-refractivity contribution in [3.05, 3.63) is 0 Å². The first kappa shape index (κ1) is 51.7. The van der Waals surface area contributed by atoms with Crippen LogP contribution in [0, 0.1) is 0 Å². The van der Waals surface area contributed by atoms with Gasteiger partial charge in [0.05, 0.1) is 6.17 Å². The molecule has 0 saturated heterocycles. The molecule has 0 unspecified atom stereocenters. The summed E-state index contributed by atoms with van der Waals surface area (Å²) in [5, 5.41) is 0. The summed E-state index contributed by atoms with van der Waals surface area (Å²) in [6.07, 6.45) is 0.745. The Kier molecular flexibility index (Phi) is 25.6. The maximum atomic E-state index is 9.85. The van der Waals surface area contributed by atoms with Gasteiger partial charge in [0.15, 0.2) is 23.6 Å². The molecular weight excluding hydrogens is 744 g/mol. The number of hydrogen-bond donors (Lipinski definition) is 18. The lowest BCUT2D eigenvalue weighted by molar-refractivity contribution is 0.352. The van der Waals surface area contributed by atoms with Gasteiger partial charge in [-0.05, 0) is 6.42 Å². The molecule has 0 bridgehead atoms. The molecule has 0 fully saturated rings. The predicted molar refractivity (Wildman–Crippen MR) is 138 cm³/mol. The smallest absolute Gasteiger partial charge is 0.324 e. The largest absolute Gasteiger partial charge is 0.337 e. The Hall–Kier alpha value is 1.12. The minimum absolute atomic E-state index is 0.116. The van der Waals surface area contributed by atoms with Gasteiger partial charge in [-0.1, -0.05) is 6.92 Å². The summed E-state index contributed by atoms with van der Waals surface area (Å²) in [4.78, 5) is 128. The zero-order valence-corrected chi connectivity index (χ0v) is 27.4. The summed E-state index contributed by atoms with van der Waals surface area (Å²) in [6, 6.07) is 0. The van der Waals surface area contributed by atoms with Crippen LogP contribution in [-0.2, 0) is 36.5 Å². The first-order chi connectivity index (χ1) is 17.1. The fourth-order valence-corrected chi connectivity index (χ4v) is 8.64. The van der Waals surface area contributed by atoms with Gasteiger partial charge in [0, 0.05) is 0 Å². The monoisotopic (exact) mass is 778 g/mol. The van der Waals surface area contributed by atoms with Gasteiger partial charge in [-0.3, -0.25) is 36.5 Å². The van der Waals surface area contributed by atoms with Gasteiger partial charge in [-0.25, -0.2) is 0 Å². The predicted octanol–water partition coefficient (Wildman–Crippen LogP) is -3.16. The molecule has 26 nitrogen and oxygen atoms in total. The van der Waals surface area contributed by atoms with Crippen molar-refractivity contribution in [1.29, 1.82) is 0 Å². The molecule has 0 atom stereocenters. The fourth-order valence-electron chi connectivity index (χ4n) is 0.960. The van der Waals surface area contributed by atoms with Crippen molar-refractivity contribution in [2.45, 2.75) is 19.5 Å². The first-order valence-electron chi connectivity index (χ1n) is 8.97. The molecule has 0 radical (unpaired) electrons. The van der Waals surface area contributed by atoms with E-state index in [1.807, 2.05) is 6.92 Å². The highest BCUT2D eigenvalue weighted by Crippen LogP contribution is 2.53. The van der Waals surface area contributed by atoms with Crippen LogP contribution in [0.15, 0.2) is 0 Å². The third kappa shape index (κ3) is 85.6. The first-order valence-corrected chi connectivity index (χ1v) is 23.4. The van der Waals surface area contributed by atoms with Crippen LogP contribution in [0.2, 0.25) is 0 Å². The van der Waals surface area contributed by atoms with Crippen molar-refractivity contribution in [1.82, 2.24) is 0 Å². The zero-order valence-electron chi connectivity index (χ0n) is 20.3. The van der Waals surface area contributed by atoms with E-state index >= 15 is 0 Å². The van der Waals surface area contributed by atoms with Crippen molar-refractivity contribution in [3.8, 4) is 0 Å². The molecule has 0 heterocycles. The summed E-state index contributed by atoms with van der Waals surface area (Å²) in [6.45, 7) is 1.95. The molecule has 0 aromatic rings. The number of hydrogen-bond acceptors (Lipinski definition) is 10. The second-order valence-electron chi connectivity index (χ2n) is 6.96. The SMILES string of the molecule is CCC(N)N.O=P(O)(O)CP(=O)(O)O.O=P(O)(O)CP(=O)(O)O.O=P(O)(O)CP(=O)(O)O.O=P(O)(O)CP(=O)(O)O. The fraction of sp³-hybridized carbons (Fsp3) is 1.00. The molecule has 0 spiro atoms. The van der Waals surface area contributed by atoms with E-state index in [0.29, 0.717) is 0 Å². The molecule has 34 heteroatoms. The molecule has 0 saturated carbocycles. The average molecular weight is 778 g/mol. The highest BCUT2D eigenvalue weighted by atomic mass is 31.3. The lowest BCUT2D eigenvalue weighted by Crippen LogP contribution is -2.28. The summed E-state index contributed by atoms with van der Waals surface area (Å²) in [7, 11) is -36.4. The minimum Gasteiger partial charge on any atom is -0.324 e. The molecule has 20 N–H and O–H groups in total. The van der Waals surface area contributed by atoms with Gasteiger partial charge in [0.1, 0.15) is 0 Å². The van der Waals surface area contributed by atoms with Crippen LogP contribution < -0.4 is 11.5 Å². The number of nitrogens with two attached hydrogens (primary N) is 2. The van der Waals surface area contributed by atoms with E-state index < -0.39 is 84.4 Å². The summed E-state index contributed by atoms with van der Waals surface area (Å²) in [5.41, 5.74) is 10.1. The van der Waals surface area contributed by atoms with E-state index in [1.165, 1.54) is 0 Å². The zero-order chi connectivity index (χ0) is 35.1. The lowest BCUT2D eigenvalue weighted by atomic mass is 10.4. The van der Waals surface area contributed by atoms with Crippen LogP contribution in [0.25, 0.3) is 0 Å². The van der Waals surface area contributed by atoms with Crippen molar-refractivity contribution >= 4 is 60.8 Å². The molecular formula is C7H34N2O24P8. The van der Waals surface area contributed by atoms with E-state index in [0.717, 1.165) is 6.42 Å². The third-order valence-corrected chi connectivity index (χ3v) is 13.7. The Labute approximate surface area is 230 Å². The summed E-state index contributed by atoms with van der Waals surface area (Å²) < 4.78 is 78.8. The van der Waals surface area contributed by atoms with Crippen LogP contribution >= 0.6 is 60.8 Å². The van der Waals surface area contributed by atoms with Gasteiger partial charge >= 0.3 is 60.8 Å². The van der Waals surface area contributed by atoms with Crippen LogP contribution in [0.5, 0.6) is 0 Å². The van der Waals surface area contributed by atoms with E-state index in [1.54, 1.807) is 0 Å². The standard InChI is InChI=1S/C3H10N2.4CH6O6P2/c1-2-3(4)5;4*2-8(3,4)1-9(5,6)7/h3H,2,4-5H2,1H3;4*1H2,(H2,2,3,4)(H2,5,6,7). The van der Waals surface area contributed by atoms with Crippen molar-refractivity contribution in [3.63, 3.8) is 0 Å². The maximum absolute atomic E-state index is 9.85. The van der Waals surface area contributed by atoms with Crippen molar-refractivity contribution < 1.29 is 115 Å². The Balaban J connectivity index is -0.000000133. The van der Waals surface area contributed by atoms with E-state index in [-0.39, 0.29) is 6.17 Å².